The number of hydrogen-bond donors (Lipinski definition) is 1. The highest BCUT2D eigenvalue weighted by Crippen LogP contribution is 2.18. The third-order valence-corrected chi connectivity index (χ3v) is 4.16. The molecule has 1 saturated heterocycles. The number of nitrogens with two attached hydrogens (primary N) is 1. The van der Waals surface area contributed by atoms with Crippen LogP contribution in [0.4, 0.5) is 0 Å². The molecule has 0 radical (unpaired) electrons. The molecule has 0 aromatic heterocycles. The van der Waals surface area contributed by atoms with E-state index in [4.69, 9.17) is 5.73 Å². The van der Waals surface area contributed by atoms with Crippen LogP contribution in [0.1, 0.15) is 39.5 Å². The lowest BCUT2D eigenvalue weighted by atomic mass is 9.99. The number of carbonyl (C=O) groups excluding carboxylic acids is 1. The van der Waals surface area contributed by atoms with Crippen molar-refractivity contribution >= 4 is 5.91 Å². The maximum Gasteiger partial charge on any atom is 0.225 e. The Morgan fingerprint density at radius 2 is 2.06 bits per heavy atom. The lowest BCUT2D eigenvalue weighted by molar-refractivity contribution is -0.136. The summed E-state index contributed by atoms with van der Waals surface area (Å²) in [6, 6.07) is 0.431. The fraction of sp³-hybridized carbons (Fsp3) is 0.929. The average molecular weight is 255 g/mol. The standard InChI is InChI=1S/C14H29N3O/c1-4-17-10-7-13(8-11-17)16(3)14(18)12(2)6-5-9-15/h12-13H,4-11,15H2,1-3H3. The van der Waals surface area contributed by atoms with Crippen molar-refractivity contribution in [2.24, 2.45) is 11.7 Å². The predicted molar refractivity (Wildman–Crippen MR) is 75.4 cm³/mol. The van der Waals surface area contributed by atoms with Gasteiger partial charge in [-0.2, -0.15) is 0 Å². The van der Waals surface area contributed by atoms with Crippen LogP contribution in [0.15, 0.2) is 0 Å². The van der Waals surface area contributed by atoms with E-state index < -0.39 is 0 Å². The minimum Gasteiger partial charge on any atom is -0.342 e. The summed E-state index contributed by atoms with van der Waals surface area (Å²) < 4.78 is 0. The zero-order valence-corrected chi connectivity index (χ0v) is 12.2. The Labute approximate surface area is 111 Å². The molecule has 4 heteroatoms. The van der Waals surface area contributed by atoms with Gasteiger partial charge in [-0.3, -0.25) is 4.79 Å². The molecular weight excluding hydrogens is 226 g/mol. The molecule has 0 bridgehead atoms. The van der Waals surface area contributed by atoms with Crippen molar-refractivity contribution in [1.29, 1.82) is 0 Å². The molecule has 1 unspecified atom stereocenters. The first-order valence-electron chi connectivity index (χ1n) is 7.29. The van der Waals surface area contributed by atoms with E-state index in [9.17, 15) is 4.79 Å². The Kier molecular flexibility index (Phi) is 6.65. The normalized spacial score (nSPS) is 19.8. The van der Waals surface area contributed by atoms with Crippen molar-refractivity contribution in [2.45, 2.75) is 45.6 Å². The quantitative estimate of drug-likeness (QED) is 0.778. The number of piperidine rings is 1. The number of carbonyl (C=O) groups is 1. The van der Waals surface area contributed by atoms with Crippen LogP contribution in [0, 0.1) is 5.92 Å². The van der Waals surface area contributed by atoms with Crippen LogP contribution in [0.2, 0.25) is 0 Å². The van der Waals surface area contributed by atoms with E-state index in [1.165, 1.54) is 0 Å². The van der Waals surface area contributed by atoms with E-state index in [2.05, 4.69) is 11.8 Å². The minimum atomic E-state index is 0.114. The number of likely N-dealkylation sites (tertiary alicyclic amines) is 1. The molecular formula is C14H29N3O. The van der Waals surface area contributed by atoms with Crippen LogP contribution in [0.3, 0.4) is 0 Å². The van der Waals surface area contributed by atoms with E-state index >= 15 is 0 Å². The van der Waals surface area contributed by atoms with Crippen molar-refractivity contribution in [3.05, 3.63) is 0 Å². The third kappa shape index (κ3) is 4.25. The first kappa shape index (κ1) is 15.4. The summed E-state index contributed by atoms with van der Waals surface area (Å²) in [6.45, 7) is 8.26. The fourth-order valence-electron chi connectivity index (χ4n) is 2.70. The molecule has 2 N–H and O–H groups in total. The van der Waals surface area contributed by atoms with Gasteiger partial charge >= 0.3 is 0 Å². The summed E-state index contributed by atoms with van der Waals surface area (Å²) in [5.74, 6) is 0.404. The number of rotatable bonds is 6. The molecule has 1 amide bonds. The molecule has 0 saturated carbocycles. The Bertz CT molecular complexity index is 249. The van der Waals surface area contributed by atoms with Gasteiger partial charge in [0.2, 0.25) is 5.91 Å². The van der Waals surface area contributed by atoms with Crippen LogP contribution < -0.4 is 5.73 Å². The van der Waals surface area contributed by atoms with Gasteiger partial charge in [0.25, 0.3) is 0 Å². The molecule has 1 heterocycles. The van der Waals surface area contributed by atoms with Gasteiger partial charge in [0, 0.05) is 32.1 Å². The summed E-state index contributed by atoms with van der Waals surface area (Å²) in [6.07, 6.45) is 4.07. The Balaban J connectivity index is 2.39. The highest BCUT2D eigenvalue weighted by Gasteiger charge is 2.26. The zero-order chi connectivity index (χ0) is 13.5. The highest BCUT2D eigenvalue weighted by atomic mass is 16.2. The van der Waals surface area contributed by atoms with E-state index in [1.54, 1.807) is 0 Å². The van der Waals surface area contributed by atoms with Crippen LogP contribution >= 0.6 is 0 Å². The van der Waals surface area contributed by atoms with Crippen molar-refractivity contribution in [2.75, 3.05) is 33.2 Å². The molecule has 1 rings (SSSR count). The summed E-state index contributed by atoms with van der Waals surface area (Å²) in [5.41, 5.74) is 5.50. The molecule has 18 heavy (non-hydrogen) atoms. The van der Waals surface area contributed by atoms with E-state index in [0.29, 0.717) is 18.5 Å². The summed E-state index contributed by atoms with van der Waals surface area (Å²) in [7, 11) is 1.97. The van der Waals surface area contributed by atoms with E-state index in [-0.39, 0.29) is 5.92 Å². The second kappa shape index (κ2) is 7.74. The topological polar surface area (TPSA) is 49.6 Å². The zero-order valence-electron chi connectivity index (χ0n) is 12.2. The van der Waals surface area contributed by atoms with Gasteiger partial charge in [-0.25, -0.2) is 0 Å². The number of amides is 1. The smallest absolute Gasteiger partial charge is 0.225 e. The second-order valence-electron chi connectivity index (χ2n) is 5.45. The largest absolute Gasteiger partial charge is 0.342 e. The lowest BCUT2D eigenvalue weighted by Gasteiger charge is -2.37. The monoisotopic (exact) mass is 255 g/mol. The molecule has 106 valence electrons. The molecule has 1 aliphatic rings. The predicted octanol–water partition coefficient (Wildman–Crippen LogP) is 1.30. The van der Waals surface area contributed by atoms with Crippen molar-refractivity contribution in [3.63, 3.8) is 0 Å². The second-order valence-corrected chi connectivity index (χ2v) is 5.45. The van der Waals surface area contributed by atoms with Gasteiger partial charge in [-0.15, -0.1) is 0 Å². The van der Waals surface area contributed by atoms with Crippen LogP contribution in [-0.4, -0.2) is 55.0 Å². The molecule has 0 aromatic carbocycles. The number of hydrogen-bond acceptors (Lipinski definition) is 3. The molecule has 4 nitrogen and oxygen atoms in total. The molecule has 1 atom stereocenters. The lowest BCUT2D eigenvalue weighted by Crippen LogP contribution is -2.46. The van der Waals surface area contributed by atoms with Gasteiger partial charge in [-0.05, 0) is 38.8 Å². The molecule has 0 spiro atoms. The van der Waals surface area contributed by atoms with Crippen molar-refractivity contribution in [3.8, 4) is 0 Å². The maximum atomic E-state index is 12.3. The fourth-order valence-corrected chi connectivity index (χ4v) is 2.70. The van der Waals surface area contributed by atoms with Crippen LogP contribution in [0.25, 0.3) is 0 Å². The van der Waals surface area contributed by atoms with Gasteiger partial charge < -0.3 is 15.5 Å². The molecule has 0 aromatic rings. The summed E-state index contributed by atoms with van der Waals surface area (Å²) >= 11 is 0. The minimum absolute atomic E-state index is 0.114. The average Bonchev–Trinajstić information content (AvgIpc) is 2.43. The summed E-state index contributed by atoms with van der Waals surface area (Å²) in [4.78, 5) is 16.7. The highest BCUT2D eigenvalue weighted by molar-refractivity contribution is 5.78. The maximum absolute atomic E-state index is 12.3. The van der Waals surface area contributed by atoms with Crippen molar-refractivity contribution in [1.82, 2.24) is 9.80 Å². The van der Waals surface area contributed by atoms with Crippen LogP contribution in [0.5, 0.6) is 0 Å². The van der Waals surface area contributed by atoms with Crippen molar-refractivity contribution < 1.29 is 4.79 Å². The van der Waals surface area contributed by atoms with Gasteiger partial charge in [0.1, 0.15) is 0 Å². The molecule has 0 aliphatic carbocycles. The Hall–Kier alpha value is -0.610. The third-order valence-electron chi connectivity index (χ3n) is 4.16. The molecule has 1 fully saturated rings. The first-order valence-corrected chi connectivity index (χ1v) is 7.29. The summed E-state index contributed by atoms with van der Waals surface area (Å²) in [5, 5.41) is 0. The van der Waals surface area contributed by atoms with E-state index in [0.717, 1.165) is 45.3 Å². The van der Waals surface area contributed by atoms with Gasteiger partial charge in [0.15, 0.2) is 0 Å². The van der Waals surface area contributed by atoms with Gasteiger partial charge in [0.05, 0.1) is 0 Å². The first-order chi connectivity index (χ1) is 8.60. The Morgan fingerprint density at radius 3 is 2.56 bits per heavy atom. The molecule has 1 aliphatic heterocycles. The SMILES string of the molecule is CCN1CCC(N(C)C(=O)C(C)CCCN)CC1. The number of nitrogens with zero attached hydrogens (tertiary/aromatic N) is 2. The van der Waals surface area contributed by atoms with E-state index in [1.807, 2.05) is 18.9 Å². The Morgan fingerprint density at radius 1 is 1.44 bits per heavy atom. The van der Waals surface area contributed by atoms with Crippen LogP contribution in [-0.2, 0) is 4.79 Å². The van der Waals surface area contributed by atoms with Gasteiger partial charge in [-0.1, -0.05) is 13.8 Å².